The number of nitrogens with one attached hydrogen (secondary N) is 2. The standard InChI is InChI=1S/C21H17ClN4O5S2/c1-30-13-5-8-15-16(9-13)32-20(19(15)22)21(27)25-12-3-6-14(7-4-12)33(28,29)26-17-10-18(31-2)24-11-23-17/h3-11H,1-2H3,(H,25,27)(H,23,24,26). The molecule has 12 heteroatoms. The molecule has 0 aliphatic rings. The van der Waals surface area contributed by atoms with Gasteiger partial charge in [0.1, 0.15) is 22.8 Å². The number of benzene rings is 2. The Morgan fingerprint density at radius 3 is 2.48 bits per heavy atom. The molecule has 170 valence electrons. The van der Waals surface area contributed by atoms with Gasteiger partial charge in [0, 0.05) is 21.8 Å². The number of hydrogen-bond acceptors (Lipinski definition) is 8. The lowest BCUT2D eigenvalue weighted by Gasteiger charge is -2.09. The number of amides is 1. The molecule has 0 radical (unpaired) electrons. The first-order valence-electron chi connectivity index (χ1n) is 9.37. The molecule has 0 bridgehead atoms. The summed E-state index contributed by atoms with van der Waals surface area (Å²) in [6, 6.07) is 12.4. The largest absolute Gasteiger partial charge is 0.497 e. The van der Waals surface area contributed by atoms with Gasteiger partial charge in [0.25, 0.3) is 15.9 Å². The number of sulfonamides is 1. The van der Waals surface area contributed by atoms with Crippen molar-refractivity contribution in [1.82, 2.24) is 9.97 Å². The molecule has 2 aromatic carbocycles. The van der Waals surface area contributed by atoms with E-state index in [-0.39, 0.29) is 16.6 Å². The second-order valence-corrected chi connectivity index (χ2v) is 9.75. The SMILES string of the molecule is COc1ccc2c(Cl)c(C(=O)Nc3ccc(S(=O)(=O)Nc4cc(OC)ncn4)cc3)sc2c1. The number of thiophene rings is 1. The third-order valence-corrected chi connectivity index (χ3v) is 7.58. The molecule has 0 saturated carbocycles. The van der Waals surface area contributed by atoms with Crippen LogP contribution >= 0.6 is 22.9 Å². The molecule has 9 nitrogen and oxygen atoms in total. The molecule has 4 aromatic rings. The van der Waals surface area contributed by atoms with E-state index in [9.17, 15) is 13.2 Å². The van der Waals surface area contributed by atoms with Gasteiger partial charge in [-0.3, -0.25) is 9.52 Å². The van der Waals surface area contributed by atoms with Crippen LogP contribution in [0.2, 0.25) is 5.02 Å². The van der Waals surface area contributed by atoms with Crippen LogP contribution < -0.4 is 19.5 Å². The molecule has 0 aliphatic carbocycles. The van der Waals surface area contributed by atoms with E-state index in [2.05, 4.69) is 20.0 Å². The molecule has 0 unspecified atom stereocenters. The summed E-state index contributed by atoms with van der Waals surface area (Å²) in [5.41, 5.74) is 0.411. The number of nitrogens with zero attached hydrogens (tertiary/aromatic N) is 2. The van der Waals surface area contributed by atoms with Crippen molar-refractivity contribution >= 4 is 60.5 Å². The number of fused-ring (bicyclic) bond motifs is 1. The molecular formula is C21H17ClN4O5S2. The van der Waals surface area contributed by atoms with Crippen LogP contribution in [-0.4, -0.2) is 38.5 Å². The van der Waals surface area contributed by atoms with Gasteiger partial charge < -0.3 is 14.8 Å². The van der Waals surface area contributed by atoms with E-state index >= 15 is 0 Å². The average molecular weight is 505 g/mol. The molecule has 33 heavy (non-hydrogen) atoms. The van der Waals surface area contributed by atoms with Crippen molar-refractivity contribution < 1.29 is 22.7 Å². The first kappa shape index (κ1) is 22.8. The number of carbonyl (C=O) groups is 1. The second-order valence-electron chi connectivity index (χ2n) is 6.64. The summed E-state index contributed by atoms with van der Waals surface area (Å²) in [5.74, 6) is 0.550. The van der Waals surface area contributed by atoms with Crippen LogP contribution in [0.5, 0.6) is 11.6 Å². The highest BCUT2D eigenvalue weighted by atomic mass is 35.5. The van der Waals surface area contributed by atoms with Crippen LogP contribution in [0.15, 0.2) is 59.8 Å². The quantitative estimate of drug-likeness (QED) is 0.382. The summed E-state index contributed by atoms with van der Waals surface area (Å²) in [7, 11) is -0.929. The summed E-state index contributed by atoms with van der Waals surface area (Å²) in [4.78, 5) is 20.8. The second kappa shape index (κ2) is 9.22. The number of rotatable bonds is 7. The minimum Gasteiger partial charge on any atom is -0.497 e. The highest BCUT2D eigenvalue weighted by molar-refractivity contribution is 7.92. The van der Waals surface area contributed by atoms with Gasteiger partial charge >= 0.3 is 0 Å². The first-order chi connectivity index (χ1) is 15.8. The number of methoxy groups -OCH3 is 2. The van der Waals surface area contributed by atoms with Crippen LogP contribution in [0.4, 0.5) is 11.5 Å². The third-order valence-electron chi connectivity index (χ3n) is 4.56. The van der Waals surface area contributed by atoms with Gasteiger partial charge in [-0.2, -0.15) is 0 Å². The van der Waals surface area contributed by atoms with Gasteiger partial charge in [-0.05, 0) is 42.5 Å². The van der Waals surface area contributed by atoms with Gasteiger partial charge in [0.05, 0.1) is 24.1 Å². The summed E-state index contributed by atoms with van der Waals surface area (Å²) in [5, 5.41) is 3.83. The molecule has 2 heterocycles. The zero-order valence-electron chi connectivity index (χ0n) is 17.3. The Bertz CT molecular complexity index is 1440. The Kier molecular flexibility index (Phi) is 6.36. The Balaban J connectivity index is 1.51. The summed E-state index contributed by atoms with van der Waals surface area (Å²) < 4.78 is 38.6. The minimum absolute atomic E-state index is 0.00920. The normalized spacial score (nSPS) is 11.2. The average Bonchev–Trinajstić information content (AvgIpc) is 3.15. The summed E-state index contributed by atoms with van der Waals surface area (Å²) in [6.07, 6.45) is 1.19. The van der Waals surface area contributed by atoms with E-state index < -0.39 is 15.9 Å². The van der Waals surface area contributed by atoms with Gasteiger partial charge in [-0.25, -0.2) is 18.4 Å². The van der Waals surface area contributed by atoms with E-state index in [1.165, 1.54) is 55.1 Å². The van der Waals surface area contributed by atoms with Crippen LogP contribution in [0.1, 0.15) is 9.67 Å². The van der Waals surface area contributed by atoms with Gasteiger partial charge in [0.15, 0.2) is 0 Å². The highest BCUT2D eigenvalue weighted by Gasteiger charge is 2.19. The number of hydrogen-bond donors (Lipinski definition) is 2. The van der Waals surface area contributed by atoms with Crippen molar-refractivity contribution in [2.75, 3.05) is 24.3 Å². The van der Waals surface area contributed by atoms with Crippen molar-refractivity contribution in [3.05, 3.63) is 64.8 Å². The van der Waals surface area contributed by atoms with Crippen LogP contribution in [0, 0.1) is 0 Å². The number of halogens is 1. The zero-order chi connectivity index (χ0) is 23.6. The molecule has 1 amide bonds. The fourth-order valence-electron chi connectivity index (χ4n) is 2.93. The van der Waals surface area contributed by atoms with Crippen molar-refractivity contribution in [3.8, 4) is 11.6 Å². The Labute approximate surface area is 198 Å². The lowest BCUT2D eigenvalue weighted by molar-refractivity contribution is 0.103. The number of anilines is 2. The lowest BCUT2D eigenvalue weighted by atomic mass is 10.2. The highest BCUT2D eigenvalue weighted by Crippen LogP contribution is 2.37. The molecule has 0 aliphatic heterocycles. The predicted molar refractivity (Wildman–Crippen MR) is 127 cm³/mol. The molecule has 0 fully saturated rings. The third kappa shape index (κ3) is 4.85. The lowest BCUT2D eigenvalue weighted by Crippen LogP contribution is -2.15. The van der Waals surface area contributed by atoms with Crippen LogP contribution in [0.25, 0.3) is 10.1 Å². The summed E-state index contributed by atoms with van der Waals surface area (Å²) >= 11 is 7.64. The van der Waals surface area contributed by atoms with Gasteiger partial charge in [0.2, 0.25) is 5.88 Å². The molecule has 4 rings (SSSR count). The van der Waals surface area contributed by atoms with E-state index in [1.54, 1.807) is 19.2 Å². The topological polar surface area (TPSA) is 120 Å². The van der Waals surface area contributed by atoms with E-state index in [4.69, 9.17) is 21.1 Å². The van der Waals surface area contributed by atoms with Crippen molar-refractivity contribution in [2.45, 2.75) is 4.90 Å². The van der Waals surface area contributed by atoms with Gasteiger partial charge in [-0.1, -0.05) is 11.6 Å². The smallest absolute Gasteiger partial charge is 0.267 e. The van der Waals surface area contributed by atoms with Crippen molar-refractivity contribution in [3.63, 3.8) is 0 Å². The van der Waals surface area contributed by atoms with Gasteiger partial charge in [-0.15, -0.1) is 11.3 Å². The summed E-state index contributed by atoms with van der Waals surface area (Å²) in [6.45, 7) is 0. The fraction of sp³-hybridized carbons (Fsp3) is 0.0952. The maximum absolute atomic E-state index is 12.8. The molecular weight excluding hydrogens is 488 g/mol. The predicted octanol–water partition coefficient (Wildman–Crippen LogP) is 4.42. The van der Waals surface area contributed by atoms with E-state index in [0.717, 1.165) is 10.1 Å². The zero-order valence-corrected chi connectivity index (χ0v) is 19.7. The Hall–Kier alpha value is -3.41. The van der Waals surface area contributed by atoms with E-state index in [0.29, 0.717) is 21.3 Å². The monoisotopic (exact) mass is 504 g/mol. The molecule has 2 aromatic heterocycles. The Morgan fingerprint density at radius 2 is 1.79 bits per heavy atom. The van der Waals surface area contributed by atoms with Crippen LogP contribution in [0.3, 0.4) is 0 Å². The van der Waals surface area contributed by atoms with Crippen molar-refractivity contribution in [2.24, 2.45) is 0 Å². The number of carbonyl (C=O) groups excluding carboxylic acids is 1. The number of ether oxygens (including phenoxy) is 2. The van der Waals surface area contributed by atoms with E-state index in [1.807, 2.05) is 6.07 Å². The molecule has 2 N–H and O–H groups in total. The first-order valence-corrected chi connectivity index (χ1v) is 12.0. The fourth-order valence-corrected chi connectivity index (χ4v) is 5.37. The Morgan fingerprint density at radius 1 is 1.03 bits per heavy atom. The molecule has 0 saturated heterocycles. The number of aromatic nitrogens is 2. The molecule has 0 spiro atoms. The minimum atomic E-state index is -3.91. The molecule has 0 atom stereocenters. The van der Waals surface area contributed by atoms with Crippen LogP contribution in [-0.2, 0) is 10.0 Å². The maximum Gasteiger partial charge on any atom is 0.267 e. The van der Waals surface area contributed by atoms with Crippen molar-refractivity contribution in [1.29, 1.82) is 0 Å². The maximum atomic E-state index is 12.8.